The highest BCUT2D eigenvalue weighted by molar-refractivity contribution is 5.92. The Morgan fingerprint density at radius 1 is 0.867 bits per heavy atom. The Bertz CT molecular complexity index is 1420. The predicted molar refractivity (Wildman–Crippen MR) is 115 cm³/mol. The van der Waals surface area contributed by atoms with Crippen molar-refractivity contribution in [2.45, 2.75) is 6.54 Å². The average molecular weight is 395 g/mol. The summed E-state index contributed by atoms with van der Waals surface area (Å²) in [5, 5.41) is 11.9. The molecule has 0 unspecified atom stereocenters. The predicted octanol–water partition coefficient (Wildman–Crippen LogP) is 3.35. The van der Waals surface area contributed by atoms with Gasteiger partial charge in [-0.1, -0.05) is 65.9 Å². The van der Waals surface area contributed by atoms with Crippen LogP contribution in [0.25, 0.3) is 27.8 Å². The topological polar surface area (TPSA) is 81.3 Å². The molecule has 7 nitrogen and oxygen atoms in total. The molecule has 0 aliphatic heterocycles. The monoisotopic (exact) mass is 395 g/mol. The van der Waals surface area contributed by atoms with E-state index < -0.39 is 0 Å². The summed E-state index contributed by atoms with van der Waals surface area (Å²) in [6.45, 7) is -0.157. The SMILES string of the molecule is O=C(Cn1c(=O)c2ccccc2n2nnc(-c3ccccc3)c12)Nc1ccccc1. The van der Waals surface area contributed by atoms with Crippen LogP contribution in [0, 0.1) is 0 Å². The first-order valence-corrected chi connectivity index (χ1v) is 9.49. The molecule has 1 amide bonds. The molecule has 7 heteroatoms. The second-order valence-corrected chi connectivity index (χ2v) is 6.86. The Morgan fingerprint density at radius 2 is 1.53 bits per heavy atom. The summed E-state index contributed by atoms with van der Waals surface area (Å²) in [5.74, 6) is -0.305. The second-order valence-electron chi connectivity index (χ2n) is 6.86. The fraction of sp³-hybridized carbons (Fsp3) is 0.0435. The van der Waals surface area contributed by atoms with Gasteiger partial charge in [0.25, 0.3) is 5.56 Å². The molecule has 0 spiro atoms. The van der Waals surface area contributed by atoms with Gasteiger partial charge in [0.05, 0.1) is 10.9 Å². The molecule has 0 bridgehead atoms. The molecule has 0 atom stereocenters. The molecule has 0 radical (unpaired) electrons. The Balaban J connectivity index is 1.70. The van der Waals surface area contributed by atoms with Crippen LogP contribution < -0.4 is 10.9 Å². The maximum absolute atomic E-state index is 13.3. The number of rotatable bonds is 4. The van der Waals surface area contributed by atoms with Crippen LogP contribution in [-0.2, 0) is 11.3 Å². The molecule has 0 saturated heterocycles. The molecule has 0 fully saturated rings. The number of para-hydroxylation sites is 2. The highest BCUT2D eigenvalue weighted by atomic mass is 16.2. The number of fused-ring (bicyclic) bond motifs is 3. The minimum atomic E-state index is -0.305. The van der Waals surface area contributed by atoms with Gasteiger partial charge >= 0.3 is 0 Å². The summed E-state index contributed by atoms with van der Waals surface area (Å²) in [6.07, 6.45) is 0. The smallest absolute Gasteiger partial charge is 0.262 e. The van der Waals surface area contributed by atoms with Crippen molar-refractivity contribution in [1.82, 2.24) is 19.4 Å². The number of amides is 1. The highest BCUT2D eigenvalue weighted by Crippen LogP contribution is 2.23. The molecule has 2 aromatic heterocycles. The number of aromatic nitrogens is 4. The third-order valence-electron chi connectivity index (χ3n) is 4.92. The van der Waals surface area contributed by atoms with Crippen molar-refractivity contribution < 1.29 is 4.79 Å². The number of hydrogen-bond acceptors (Lipinski definition) is 4. The van der Waals surface area contributed by atoms with Gasteiger partial charge in [-0.25, -0.2) is 0 Å². The van der Waals surface area contributed by atoms with E-state index in [2.05, 4.69) is 15.6 Å². The lowest BCUT2D eigenvalue weighted by atomic mass is 10.1. The summed E-state index contributed by atoms with van der Waals surface area (Å²) in [4.78, 5) is 26.1. The molecule has 5 aromatic rings. The van der Waals surface area contributed by atoms with Crippen LogP contribution in [0.2, 0.25) is 0 Å². The van der Waals surface area contributed by atoms with Crippen molar-refractivity contribution in [3.05, 3.63) is 95.3 Å². The molecular formula is C23H17N5O2. The zero-order valence-electron chi connectivity index (χ0n) is 15.9. The molecule has 5 rings (SSSR count). The van der Waals surface area contributed by atoms with E-state index in [9.17, 15) is 9.59 Å². The summed E-state index contributed by atoms with van der Waals surface area (Å²) >= 11 is 0. The van der Waals surface area contributed by atoms with Crippen LogP contribution in [0.4, 0.5) is 5.69 Å². The number of hydrogen-bond donors (Lipinski definition) is 1. The lowest BCUT2D eigenvalue weighted by molar-refractivity contribution is -0.116. The summed E-state index contributed by atoms with van der Waals surface area (Å²) in [6, 6.07) is 25.8. The average Bonchev–Trinajstić information content (AvgIpc) is 3.23. The first-order chi connectivity index (χ1) is 14.7. The van der Waals surface area contributed by atoms with Crippen molar-refractivity contribution in [2.75, 3.05) is 5.32 Å². The molecule has 30 heavy (non-hydrogen) atoms. The van der Waals surface area contributed by atoms with E-state index in [1.165, 1.54) is 4.57 Å². The van der Waals surface area contributed by atoms with E-state index in [0.717, 1.165) is 5.56 Å². The maximum Gasteiger partial charge on any atom is 0.262 e. The Labute approximate surface area is 171 Å². The van der Waals surface area contributed by atoms with Crippen LogP contribution in [0.1, 0.15) is 0 Å². The van der Waals surface area contributed by atoms with Gasteiger partial charge in [-0.05, 0) is 24.3 Å². The number of nitrogens with zero attached hydrogens (tertiary/aromatic N) is 4. The van der Waals surface area contributed by atoms with Gasteiger partial charge in [-0.2, -0.15) is 4.52 Å². The van der Waals surface area contributed by atoms with Gasteiger partial charge in [-0.3, -0.25) is 14.2 Å². The van der Waals surface area contributed by atoms with Crippen molar-refractivity contribution in [2.24, 2.45) is 0 Å². The first-order valence-electron chi connectivity index (χ1n) is 9.49. The normalized spacial score (nSPS) is 11.1. The van der Waals surface area contributed by atoms with Crippen LogP contribution in [0.3, 0.4) is 0 Å². The third-order valence-corrected chi connectivity index (χ3v) is 4.92. The lowest BCUT2D eigenvalue weighted by Gasteiger charge is -2.12. The minimum absolute atomic E-state index is 0.157. The standard InChI is InChI=1S/C23H17N5O2/c29-20(24-17-11-5-2-6-12-17)15-27-22-21(16-9-3-1-4-10-16)25-26-28(22)19-14-8-7-13-18(19)23(27)30/h1-14H,15H2,(H,24,29). The summed E-state index contributed by atoms with van der Waals surface area (Å²) in [7, 11) is 0. The molecule has 146 valence electrons. The van der Waals surface area contributed by atoms with Crippen molar-refractivity contribution in [1.29, 1.82) is 0 Å². The molecule has 0 aliphatic rings. The molecular weight excluding hydrogens is 378 g/mol. The number of anilines is 1. The van der Waals surface area contributed by atoms with Crippen molar-refractivity contribution in [3.63, 3.8) is 0 Å². The largest absolute Gasteiger partial charge is 0.325 e. The van der Waals surface area contributed by atoms with Crippen LogP contribution in [0.5, 0.6) is 0 Å². The molecule has 3 aromatic carbocycles. The van der Waals surface area contributed by atoms with Crippen LogP contribution in [0.15, 0.2) is 89.7 Å². The van der Waals surface area contributed by atoms with Crippen LogP contribution in [-0.4, -0.2) is 25.3 Å². The fourth-order valence-corrected chi connectivity index (χ4v) is 3.56. The van der Waals surface area contributed by atoms with Crippen molar-refractivity contribution >= 4 is 28.1 Å². The third kappa shape index (κ3) is 3.02. The van der Waals surface area contributed by atoms with E-state index in [1.54, 1.807) is 28.8 Å². The Morgan fingerprint density at radius 3 is 2.30 bits per heavy atom. The molecule has 0 saturated carbocycles. The molecule has 0 aliphatic carbocycles. The van der Waals surface area contributed by atoms with Gasteiger partial charge in [0.15, 0.2) is 5.65 Å². The number of carbonyl (C=O) groups excluding carboxylic acids is 1. The van der Waals surface area contributed by atoms with Crippen molar-refractivity contribution in [3.8, 4) is 11.3 Å². The zero-order valence-corrected chi connectivity index (χ0v) is 15.9. The number of nitrogens with one attached hydrogen (secondary N) is 1. The second kappa shape index (κ2) is 7.29. The molecule has 1 N–H and O–H groups in total. The summed E-state index contributed by atoms with van der Waals surface area (Å²) < 4.78 is 3.05. The fourth-order valence-electron chi connectivity index (χ4n) is 3.56. The number of benzene rings is 3. The van der Waals surface area contributed by atoms with Gasteiger partial charge < -0.3 is 5.32 Å². The van der Waals surface area contributed by atoms with E-state index >= 15 is 0 Å². The van der Waals surface area contributed by atoms with Gasteiger partial charge in [0.2, 0.25) is 5.91 Å². The summed E-state index contributed by atoms with van der Waals surface area (Å²) in [5.41, 5.74) is 2.90. The minimum Gasteiger partial charge on any atom is -0.325 e. The quantitative estimate of drug-likeness (QED) is 0.506. The van der Waals surface area contributed by atoms with Gasteiger partial charge in [0, 0.05) is 11.3 Å². The van der Waals surface area contributed by atoms with Crippen LogP contribution >= 0.6 is 0 Å². The van der Waals surface area contributed by atoms with Gasteiger partial charge in [0.1, 0.15) is 12.2 Å². The maximum atomic E-state index is 13.3. The zero-order chi connectivity index (χ0) is 20.5. The van der Waals surface area contributed by atoms with E-state index in [-0.39, 0.29) is 18.0 Å². The van der Waals surface area contributed by atoms with E-state index in [4.69, 9.17) is 0 Å². The Kier molecular flexibility index (Phi) is 4.33. The first kappa shape index (κ1) is 17.8. The number of carbonyl (C=O) groups is 1. The van der Waals surface area contributed by atoms with E-state index in [1.807, 2.05) is 60.7 Å². The van der Waals surface area contributed by atoms with E-state index in [0.29, 0.717) is 27.9 Å². The lowest BCUT2D eigenvalue weighted by Crippen LogP contribution is -2.29. The Hall–Kier alpha value is -4.26. The highest BCUT2D eigenvalue weighted by Gasteiger charge is 2.19. The molecule has 2 heterocycles. The van der Waals surface area contributed by atoms with Gasteiger partial charge in [-0.15, -0.1) is 5.10 Å².